The number of carbonyl (C=O) groups is 2. The van der Waals surface area contributed by atoms with E-state index in [1.54, 1.807) is 30.3 Å². The fourth-order valence-electron chi connectivity index (χ4n) is 2.20. The molecule has 0 aliphatic carbocycles. The zero-order valence-corrected chi connectivity index (χ0v) is 14.8. The molecule has 0 aliphatic rings. The quantitative estimate of drug-likeness (QED) is 0.818. The van der Waals surface area contributed by atoms with E-state index >= 15 is 0 Å². The number of aryl methyl sites for hydroxylation is 1. The number of hydrogen-bond donors (Lipinski definition) is 1. The predicted octanol–water partition coefficient (Wildman–Crippen LogP) is 2.87. The van der Waals surface area contributed by atoms with Crippen LogP contribution in [0, 0.1) is 6.92 Å². The normalized spacial score (nSPS) is 10.1. The molecule has 0 unspecified atom stereocenters. The Morgan fingerprint density at radius 3 is 2.36 bits per heavy atom. The van der Waals surface area contributed by atoms with Crippen LogP contribution in [0.3, 0.4) is 0 Å². The van der Waals surface area contributed by atoms with E-state index < -0.39 is 11.9 Å². The third-order valence-electron chi connectivity index (χ3n) is 3.65. The van der Waals surface area contributed by atoms with Crippen molar-refractivity contribution in [3.63, 3.8) is 0 Å². The SMILES string of the molecule is COc1cc(C(=O)OCC(=O)Nc2ccc(N(C)C)cc2)ccc1C. The average molecular weight is 342 g/mol. The second kappa shape index (κ2) is 8.19. The second-order valence-corrected chi connectivity index (χ2v) is 5.75. The zero-order chi connectivity index (χ0) is 18.4. The van der Waals surface area contributed by atoms with E-state index in [4.69, 9.17) is 9.47 Å². The number of nitrogens with one attached hydrogen (secondary N) is 1. The molecule has 0 aromatic heterocycles. The lowest BCUT2D eigenvalue weighted by atomic mass is 10.1. The molecule has 1 N–H and O–H groups in total. The minimum Gasteiger partial charge on any atom is -0.496 e. The lowest BCUT2D eigenvalue weighted by Gasteiger charge is -2.13. The number of amides is 1. The third-order valence-corrected chi connectivity index (χ3v) is 3.65. The third kappa shape index (κ3) is 4.97. The summed E-state index contributed by atoms with van der Waals surface area (Å²) in [5.74, 6) is -0.374. The molecule has 0 bridgehead atoms. The summed E-state index contributed by atoms with van der Waals surface area (Å²) in [4.78, 5) is 25.9. The Bertz CT molecular complexity index is 755. The Hall–Kier alpha value is -3.02. The Balaban J connectivity index is 1.90. The fraction of sp³-hybridized carbons (Fsp3) is 0.263. The van der Waals surface area contributed by atoms with Gasteiger partial charge in [0.05, 0.1) is 12.7 Å². The first-order valence-electron chi connectivity index (χ1n) is 7.79. The highest BCUT2D eigenvalue weighted by Crippen LogP contribution is 2.19. The smallest absolute Gasteiger partial charge is 0.338 e. The maximum absolute atomic E-state index is 12.0. The molecule has 0 saturated heterocycles. The van der Waals surface area contributed by atoms with Gasteiger partial charge in [-0.2, -0.15) is 0 Å². The van der Waals surface area contributed by atoms with Crippen LogP contribution in [0.15, 0.2) is 42.5 Å². The monoisotopic (exact) mass is 342 g/mol. The number of methoxy groups -OCH3 is 1. The van der Waals surface area contributed by atoms with Crippen molar-refractivity contribution < 1.29 is 19.1 Å². The first-order valence-corrected chi connectivity index (χ1v) is 7.79. The van der Waals surface area contributed by atoms with Crippen molar-refractivity contribution >= 4 is 23.3 Å². The summed E-state index contributed by atoms with van der Waals surface area (Å²) in [7, 11) is 5.41. The van der Waals surface area contributed by atoms with Crippen molar-refractivity contribution in [2.75, 3.05) is 38.0 Å². The minimum absolute atomic E-state index is 0.339. The van der Waals surface area contributed by atoms with E-state index in [1.165, 1.54) is 7.11 Å². The summed E-state index contributed by atoms with van der Waals surface area (Å²) in [6, 6.07) is 12.4. The van der Waals surface area contributed by atoms with E-state index in [-0.39, 0.29) is 6.61 Å². The van der Waals surface area contributed by atoms with Gasteiger partial charge in [-0.3, -0.25) is 4.79 Å². The molecule has 1 amide bonds. The highest BCUT2D eigenvalue weighted by molar-refractivity contribution is 5.95. The highest BCUT2D eigenvalue weighted by Gasteiger charge is 2.12. The van der Waals surface area contributed by atoms with Gasteiger partial charge in [0.15, 0.2) is 6.61 Å². The van der Waals surface area contributed by atoms with Crippen LogP contribution < -0.4 is 15.0 Å². The fourth-order valence-corrected chi connectivity index (χ4v) is 2.20. The van der Waals surface area contributed by atoms with Crippen LogP contribution in [0.4, 0.5) is 11.4 Å². The molecule has 2 aromatic rings. The minimum atomic E-state index is -0.573. The molecule has 0 radical (unpaired) electrons. The lowest BCUT2D eigenvalue weighted by molar-refractivity contribution is -0.119. The molecule has 2 aromatic carbocycles. The van der Waals surface area contributed by atoms with Crippen LogP contribution in [-0.2, 0) is 9.53 Å². The summed E-state index contributed by atoms with van der Waals surface area (Å²) in [5.41, 5.74) is 2.92. The topological polar surface area (TPSA) is 67.9 Å². The molecule has 0 spiro atoms. The van der Waals surface area contributed by atoms with Gasteiger partial charge in [0.2, 0.25) is 0 Å². The van der Waals surface area contributed by atoms with Crippen molar-refractivity contribution in [3.8, 4) is 5.75 Å². The number of benzene rings is 2. The Morgan fingerprint density at radius 1 is 1.08 bits per heavy atom. The van der Waals surface area contributed by atoms with E-state index in [0.29, 0.717) is 17.0 Å². The summed E-state index contributed by atoms with van der Waals surface area (Å²) in [6.07, 6.45) is 0. The van der Waals surface area contributed by atoms with Crippen molar-refractivity contribution in [1.82, 2.24) is 0 Å². The molecule has 132 valence electrons. The number of anilines is 2. The average Bonchev–Trinajstić information content (AvgIpc) is 2.60. The molecule has 0 heterocycles. The molecule has 0 saturated carbocycles. The second-order valence-electron chi connectivity index (χ2n) is 5.75. The van der Waals surface area contributed by atoms with E-state index in [2.05, 4.69) is 5.32 Å². The number of rotatable bonds is 6. The molecule has 6 nitrogen and oxygen atoms in total. The Morgan fingerprint density at radius 2 is 1.76 bits per heavy atom. The van der Waals surface area contributed by atoms with Gasteiger partial charge >= 0.3 is 5.97 Å². The Kier molecular flexibility index (Phi) is 6.00. The molecule has 0 atom stereocenters. The molecule has 0 aliphatic heterocycles. The first kappa shape index (κ1) is 18.3. The van der Waals surface area contributed by atoms with Crippen molar-refractivity contribution in [2.24, 2.45) is 0 Å². The summed E-state index contributed by atoms with van der Waals surface area (Å²) in [6.45, 7) is 1.52. The van der Waals surface area contributed by atoms with E-state index in [0.717, 1.165) is 11.3 Å². The highest BCUT2D eigenvalue weighted by atomic mass is 16.5. The largest absolute Gasteiger partial charge is 0.496 e. The van der Waals surface area contributed by atoms with Gasteiger partial charge in [0.1, 0.15) is 5.75 Å². The van der Waals surface area contributed by atoms with Crippen LogP contribution in [0.25, 0.3) is 0 Å². The van der Waals surface area contributed by atoms with E-state index in [1.807, 2.05) is 38.1 Å². The van der Waals surface area contributed by atoms with Crippen LogP contribution >= 0.6 is 0 Å². The number of hydrogen-bond acceptors (Lipinski definition) is 5. The van der Waals surface area contributed by atoms with E-state index in [9.17, 15) is 9.59 Å². The standard InChI is InChI=1S/C19H22N2O4/c1-13-5-6-14(11-17(13)24-4)19(23)25-12-18(22)20-15-7-9-16(10-8-15)21(2)3/h5-11H,12H2,1-4H3,(H,20,22). The van der Waals surface area contributed by atoms with Crippen LogP contribution in [0.5, 0.6) is 5.75 Å². The number of carbonyl (C=O) groups excluding carboxylic acids is 2. The van der Waals surface area contributed by atoms with Gasteiger partial charge in [0, 0.05) is 25.5 Å². The van der Waals surface area contributed by atoms with Crippen molar-refractivity contribution in [2.45, 2.75) is 6.92 Å². The summed E-state index contributed by atoms with van der Waals surface area (Å²) < 4.78 is 10.2. The van der Waals surface area contributed by atoms with Gasteiger partial charge in [0.25, 0.3) is 5.91 Å². The molecule has 25 heavy (non-hydrogen) atoms. The number of ether oxygens (including phenoxy) is 2. The van der Waals surface area contributed by atoms with Crippen LogP contribution in [0.1, 0.15) is 15.9 Å². The Labute approximate surface area is 147 Å². The van der Waals surface area contributed by atoms with Gasteiger partial charge in [-0.25, -0.2) is 4.79 Å². The number of nitrogens with zero attached hydrogens (tertiary/aromatic N) is 1. The molecule has 2 rings (SSSR count). The van der Waals surface area contributed by atoms with Crippen LogP contribution in [0.2, 0.25) is 0 Å². The maximum atomic E-state index is 12.0. The van der Waals surface area contributed by atoms with Crippen molar-refractivity contribution in [3.05, 3.63) is 53.6 Å². The lowest BCUT2D eigenvalue weighted by Crippen LogP contribution is -2.21. The molecular formula is C19H22N2O4. The van der Waals surface area contributed by atoms with Gasteiger partial charge in [-0.05, 0) is 48.9 Å². The molecular weight excluding hydrogens is 320 g/mol. The van der Waals surface area contributed by atoms with Gasteiger partial charge < -0.3 is 19.7 Å². The van der Waals surface area contributed by atoms with Crippen molar-refractivity contribution in [1.29, 1.82) is 0 Å². The van der Waals surface area contributed by atoms with Gasteiger partial charge in [-0.15, -0.1) is 0 Å². The zero-order valence-electron chi connectivity index (χ0n) is 14.8. The number of esters is 1. The summed E-state index contributed by atoms with van der Waals surface area (Å²) in [5, 5.41) is 2.69. The first-order chi connectivity index (χ1) is 11.9. The predicted molar refractivity (Wildman–Crippen MR) is 97.4 cm³/mol. The van der Waals surface area contributed by atoms with Crippen LogP contribution in [-0.4, -0.2) is 39.7 Å². The van der Waals surface area contributed by atoms with Gasteiger partial charge in [-0.1, -0.05) is 6.07 Å². The maximum Gasteiger partial charge on any atom is 0.338 e. The molecule has 6 heteroatoms. The molecule has 0 fully saturated rings. The summed E-state index contributed by atoms with van der Waals surface area (Å²) >= 11 is 0.